The molecule has 0 bridgehead atoms. The summed E-state index contributed by atoms with van der Waals surface area (Å²) in [6.45, 7) is 0. The van der Waals surface area contributed by atoms with Crippen LogP contribution in [0.1, 0.15) is 24.3 Å². The maximum atomic E-state index is 12.1. The predicted octanol–water partition coefficient (Wildman–Crippen LogP) is 2.54. The Balaban J connectivity index is 1.74. The lowest BCUT2D eigenvalue weighted by atomic mass is 10.0. The van der Waals surface area contributed by atoms with Gasteiger partial charge >= 0.3 is 0 Å². The largest absolute Gasteiger partial charge is 0.328 e. The second-order valence-electron chi connectivity index (χ2n) is 4.99. The van der Waals surface area contributed by atoms with E-state index in [0.29, 0.717) is 12.2 Å². The molecule has 1 saturated carbocycles. The summed E-state index contributed by atoms with van der Waals surface area (Å²) in [5.74, 6) is 0.467. The quantitative estimate of drug-likeness (QED) is 0.922. The zero-order valence-corrected chi connectivity index (χ0v) is 11.0. The van der Waals surface area contributed by atoms with E-state index in [9.17, 15) is 4.79 Å². The number of para-hydroxylation sites is 1. The zero-order chi connectivity index (χ0) is 12.5. The second kappa shape index (κ2) is 4.78. The number of rotatable bonds is 3. The highest BCUT2D eigenvalue weighted by atomic mass is 32.1. The first-order chi connectivity index (χ1) is 8.72. The molecule has 3 nitrogen and oxygen atoms in total. The summed E-state index contributed by atoms with van der Waals surface area (Å²) in [7, 11) is 0. The first-order valence-electron chi connectivity index (χ1n) is 6.35. The van der Waals surface area contributed by atoms with Crippen LogP contribution >= 0.6 is 11.3 Å². The minimum Gasteiger partial charge on any atom is -0.328 e. The van der Waals surface area contributed by atoms with E-state index < -0.39 is 0 Å². The van der Waals surface area contributed by atoms with Crippen LogP contribution in [0.5, 0.6) is 0 Å². The normalized spacial score (nSPS) is 23.6. The number of nitrogens with two attached hydrogens (primary N) is 1. The lowest BCUT2D eigenvalue weighted by Crippen LogP contribution is -2.19. The summed E-state index contributed by atoms with van der Waals surface area (Å²) in [6, 6.07) is 8.23. The van der Waals surface area contributed by atoms with Gasteiger partial charge in [-0.1, -0.05) is 12.1 Å². The Hall–Kier alpha value is -1.26. The number of hydrogen-bond acceptors (Lipinski definition) is 4. The molecule has 3 rings (SSSR count). The minimum absolute atomic E-state index is 0.159. The average molecular weight is 260 g/mol. The maximum absolute atomic E-state index is 12.1. The molecule has 1 aliphatic rings. The van der Waals surface area contributed by atoms with E-state index in [0.717, 1.165) is 34.5 Å². The molecule has 2 N–H and O–H groups in total. The third-order valence-corrected chi connectivity index (χ3v) is 4.63. The van der Waals surface area contributed by atoms with Crippen LogP contribution in [0.2, 0.25) is 0 Å². The first-order valence-corrected chi connectivity index (χ1v) is 7.17. The zero-order valence-electron chi connectivity index (χ0n) is 10.1. The van der Waals surface area contributed by atoms with Crippen molar-refractivity contribution >= 4 is 27.3 Å². The molecule has 4 heteroatoms. The number of carbonyl (C=O) groups is 1. The Morgan fingerprint density at radius 1 is 1.39 bits per heavy atom. The van der Waals surface area contributed by atoms with Gasteiger partial charge in [0.25, 0.3) is 0 Å². The lowest BCUT2D eigenvalue weighted by molar-refractivity contribution is -0.122. The number of hydrogen-bond donors (Lipinski definition) is 1. The van der Waals surface area contributed by atoms with E-state index in [1.807, 2.05) is 24.3 Å². The van der Waals surface area contributed by atoms with Gasteiger partial charge < -0.3 is 5.73 Å². The van der Waals surface area contributed by atoms with Gasteiger partial charge in [0.15, 0.2) is 0 Å². The van der Waals surface area contributed by atoms with E-state index >= 15 is 0 Å². The third kappa shape index (κ3) is 2.31. The summed E-state index contributed by atoms with van der Waals surface area (Å²) in [5, 5.41) is 0.932. The molecule has 2 atom stereocenters. The third-order valence-electron chi connectivity index (χ3n) is 3.59. The number of ketones is 1. The molecule has 1 aliphatic carbocycles. The van der Waals surface area contributed by atoms with E-state index in [4.69, 9.17) is 5.73 Å². The van der Waals surface area contributed by atoms with Crippen molar-refractivity contribution in [2.45, 2.75) is 31.7 Å². The highest BCUT2D eigenvalue weighted by Gasteiger charge is 2.28. The Morgan fingerprint density at radius 3 is 2.94 bits per heavy atom. The summed E-state index contributed by atoms with van der Waals surface area (Å²) in [4.78, 5) is 16.7. The molecule has 2 unspecified atom stereocenters. The molecule has 1 heterocycles. The summed E-state index contributed by atoms with van der Waals surface area (Å²) >= 11 is 1.62. The van der Waals surface area contributed by atoms with Crippen molar-refractivity contribution < 1.29 is 4.79 Å². The van der Waals surface area contributed by atoms with Crippen molar-refractivity contribution in [1.82, 2.24) is 4.98 Å². The Labute approximate surface area is 110 Å². The minimum atomic E-state index is 0.159. The fourth-order valence-electron chi connectivity index (χ4n) is 2.60. The summed E-state index contributed by atoms with van der Waals surface area (Å²) < 4.78 is 1.16. The average Bonchev–Trinajstić information content (AvgIpc) is 2.94. The number of carbonyl (C=O) groups excluding carboxylic acids is 1. The monoisotopic (exact) mass is 260 g/mol. The highest BCUT2D eigenvalue weighted by molar-refractivity contribution is 7.18. The topological polar surface area (TPSA) is 56.0 Å². The van der Waals surface area contributed by atoms with Crippen molar-refractivity contribution in [3.05, 3.63) is 29.3 Å². The molecule has 94 valence electrons. The summed E-state index contributed by atoms with van der Waals surface area (Å²) in [6.07, 6.45) is 3.25. The first kappa shape index (κ1) is 11.8. The maximum Gasteiger partial charge on any atom is 0.142 e. The number of thiazole rings is 1. The number of benzene rings is 1. The molecule has 0 radical (unpaired) electrons. The Kier molecular flexibility index (Phi) is 3.14. The van der Waals surface area contributed by atoms with E-state index in [1.54, 1.807) is 11.3 Å². The molecule has 1 aromatic heterocycles. The Bertz CT molecular complexity index is 545. The fourth-order valence-corrected chi connectivity index (χ4v) is 3.57. The standard InChI is InChI=1S/C14H16N2OS/c15-10-6-5-9(7-10)12(17)8-14-16-11-3-1-2-4-13(11)18-14/h1-4,9-10H,5-8,15H2. The van der Waals surface area contributed by atoms with Gasteiger partial charge in [0, 0.05) is 12.0 Å². The molecule has 1 fully saturated rings. The summed E-state index contributed by atoms with van der Waals surface area (Å²) in [5.41, 5.74) is 6.85. The molecule has 1 aromatic carbocycles. The number of fused-ring (bicyclic) bond motifs is 1. The molecule has 2 aromatic rings. The molecule has 0 spiro atoms. The van der Waals surface area contributed by atoms with Crippen molar-refractivity contribution in [3.8, 4) is 0 Å². The van der Waals surface area contributed by atoms with Crippen LogP contribution < -0.4 is 5.73 Å². The smallest absolute Gasteiger partial charge is 0.142 e. The van der Waals surface area contributed by atoms with Crippen molar-refractivity contribution in [2.24, 2.45) is 11.7 Å². The van der Waals surface area contributed by atoms with Gasteiger partial charge in [-0.15, -0.1) is 11.3 Å². The van der Waals surface area contributed by atoms with Crippen LogP contribution in [0, 0.1) is 5.92 Å². The van der Waals surface area contributed by atoms with Gasteiger partial charge in [-0.25, -0.2) is 4.98 Å². The van der Waals surface area contributed by atoms with E-state index in [2.05, 4.69) is 4.98 Å². The van der Waals surface area contributed by atoms with Gasteiger partial charge in [0.2, 0.25) is 0 Å². The fraction of sp³-hybridized carbons (Fsp3) is 0.429. The van der Waals surface area contributed by atoms with Crippen LogP contribution in [-0.4, -0.2) is 16.8 Å². The number of nitrogens with zero attached hydrogens (tertiary/aromatic N) is 1. The van der Waals surface area contributed by atoms with Crippen LogP contribution in [0.3, 0.4) is 0 Å². The van der Waals surface area contributed by atoms with E-state index in [-0.39, 0.29) is 12.0 Å². The van der Waals surface area contributed by atoms with E-state index in [1.165, 1.54) is 0 Å². The molecule has 0 aliphatic heterocycles. The predicted molar refractivity (Wildman–Crippen MR) is 73.6 cm³/mol. The van der Waals surface area contributed by atoms with Gasteiger partial charge in [-0.3, -0.25) is 4.79 Å². The number of aromatic nitrogens is 1. The molecular formula is C14H16N2OS. The SMILES string of the molecule is NC1CCC(C(=O)Cc2nc3ccccc3s2)C1. The van der Waals surface area contributed by atoms with Gasteiger partial charge in [-0.05, 0) is 31.4 Å². The van der Waals surface area contributed by atoms with Crippen molar-refractivity contribution in [3.63, 3.8) is 0 Å². The Morgan fingerprint density at radius 2 is 2.22 bits per heavy atom. The highest BCUT2D eigenvalue weighted by Crippen LogP contribution is 2.28. The second-order valence-corrected chi connectivity index (χ2v) is 6.10. The molecular weight excluding hydrogens is 244 g/mol. The lowest BCUT2D eigenvalue weighted by Gasteiger charge is -2.06. The van der Waals surface area contributed by atoms with Gasteiger partial charge in [0.05, 0.1) is 16.6 Å². The van der Waals surface area contributed by atoms with Gasteiger partial charge in [-0.2, -0.15) is 0 Å². The van der Waals surface area contributed by atoms with Crippen LogP contribution in [0.25, 0.3) is 10.2 Å². The molecule has 0 amide bonds. The molecule has 18 heavy (non-hydrogen) atoms. The van der Waals surface area contributed by atoms with Crippen LogP contribution in [-0.2, 0) is 11.2 Å². The van der Waals surface area contributed by atoms with Gasteiger partial charge in [0.1, 0.15) is 10.8 Å². The molecule has 0 saturated heterocycles. The number of Topliss-reactive ketones (excluding diaryl/α,β-unsaturated/α-hetero) is 1. The van der Waals surface area contributed by atoms with Crippen LogP contribution in [0.4, 0.5) is 0 Å². The van der Waals surface area contributed by atoms with Crippen molar-refractivity contribution in [2.75, 3.05) is 0 Å². The van der Waals surface area contributed by atoms with Crippen molar-refractivity contribution in [1.29, 1.82) is 0 Å². The van der Waals surface area contributed by atoms with Crippen LogP contribution in [0.15, 0.2) is 24.3 Å².